The summed E-state index contributed by atoms with van der Waals surface area (Å²) in [4.78, 5) is 12.4. The van der Waals surface area contributed by atoms with E-state index in [9.17, 15) is 4.79 Å². The molecule has 1 heterocycles. The number of carbonyl (C=O) groups excluding carboxylic acids is 1. The van der Waals surface area contributed by atoms with Crippen LogP contribution < -0.4 is 5.32 Å². The minimum Gasteiger partial charge on any atom is -0.355 e. The molecule has 3 aromatic rings. The number of hydrogen-bond donors (Lipinski definition) is 1. The third kappa shape index (κ3) is 2.93. The highest BCUT2D eigenvalue weighted by Crippen LogP contribution is 2.24. The van der Waals surface area contributed by atoms with Crippen molar-refractivity contribution in [3.05, 3.63) is 76.4 Å². The maximum absolute atomic E-state index is 12.4. The van der Waals surface area contributed by atoms with E-state index in [1.54, 1.807) is 18.2 Å². The molecular formula is C19H15ClN2O2. The number of carbonyl (C=O) groups is 1. The first kappa shape index (κ1) is 15.0. The summed E-state index contributed by atoms with van der Waals surface area (Å²) >= 11 is 5.88. The highest BCUT2D eigenvalue weighted by molar-refractivity contribution is 6.30. The Bertz CT molecular complexity index is 861. The largest absolute Gasteiger partial charge is 0.355 e. The van der Waals surface area contributed by atoms with Crippen molar-refractivity contribution in [2.75, 3.05) is 0 Å². The zero-order valence-corrected chi connectivity index (χ0v) is 13.6. The summed E-state index contributed by atoms with van der Waals surface area (Å²) in [5.74, 6) is 0.336. The Labute approximate surface area is 144 Å². The van der Waals surface area contributed by atoms with E-state index >= 15 is 0 Å². The number of nitrogens with zero attached hydrogens (tertiary/aromatic N) is 1. The lowest BCUT2D eigenvalue weighted by Crippen LogP contribution is -2.35. The lowest BCUT2D eigenvalue weighted by Gasteiger charge is -2.09. The summed E-state index contributed by atoms with van der Waals surface area (Å²) < 4.78 is 5.28. The maximum Gasteiger partial charge on any atom is 0.273 e. The van der Waals surface area contributed by atoms with Crippen LogP contribution >= 0.6 is 11.6 Å². The van der Waals surface area contributed by atoms with E-state index in [1.165, 1.54) is 11.1 Å². The van der Waals surface area contributed by atoms with Crippen molar-refractivity contribution < 1.29 is 9.32 Å². The molecule has 1 amide bonds. The van der Waals surface area contributed by atoms with Crippen LogP contribution in [0, 0.1) is 0 Å². The van der Waals surface area contributed by atoms with Crippen LogP contribution in [0.5, 0.6) is 0 Å². The van der Waals surface area contributed by atoms with Crippen LogP contribution in [-0.4, -0.2) is 17.1 Å². The van der Waals surface area contributed by atoms with E-state index in [0.29, 0.717) is 10.8 Å². The predicted octanol–water partition coefficient (Wildman–Crippen LogP) is 3.89. The summed E-state index contributed by atoms with van der Waals surface area (Å²) in [5.41, 5.74) is 3.71. The van der Waals surface area contributed by atoms with Gasteiger partial charge in [-0.15, -0.1) is 0 Å². The Kier molecular flexibility index (Phi) is 3.82. The number of fused-ring (bicyclic) bond motifs is 1. The Morgan fingerprint density at radius 3 is 2.42 bits per heavy atom. The third-order valence-electron chi connectivity index (χ3n) is 4.26. The number of benzene rings is 2. The average molecular weight is 339 g/mol. The van der Waals surface area contributed by atoms with Gasteiger partial charge in [0.1, 0.15) is 0 Å². The van der Waals surface area contributed by atoms with E-state index in [4.69, 9.17) is 16.1 Å². The topological polar surface area (TPSA) is 55.1 Å². The van der Waals surface area contributed by atoms with Crippen molar-refractivity contribution >= 4 is 17.5 Å². The molecule has 2 aromatic carbocycles. The van der Waals surface area contributed by atoms with Gasteiger partial charge in [-0.2, -0.15) is 0 Å². The van der Waals surface area contributed by atoms with E-state index in [-0.39, 0.29) is 17.6 Å². The molecule has 1 aliphatic rings. The normalized spacial score (nSPS) is 13.7. The van der Waals surface area contributed by atoms with Crippen molar-refractivity contribution in [3.63, 3.8) is 0 Å². The van der Waals surface area contributed by atoms with E-state index in [0.717, 1.165) is 18.4 Å². The van der Waals surface area contributed by atoms with Crippen LogP contribution in [0.3, 0.4) is 0 Å². The minimum atomic E-state index is -0.211. The number of halogens is 1. The Morgan fingerprint density at radius 2 is 1.75 bits per heavy atom. The number of amides is 1. The number of nitrogens with one attached hydrogen (secondary N) is 1. The van der Waals surface area contributed by atoms with Gasteiger partial charge in [-0.3, -0.25) is 4.79 Å². The van der Waals surface area contributed by atoms with E-state index < -0.39 is 0 Å². The number of hydrogen-bond acceptors (Lipinski definition) is 3. The fourth-order valence-corrected chi connectivity index (χ4v) is 3.18. The molecule has 0 aliphatic heterocycles. The van der Waals surface area contributed by atoms with Crippen molar-refractivity contribution in [2.45, 2.75) is 18.9 Å². The van der Waals surface area contributed by atoms with E-state index in [2.05, 4.69) is 22.6 Å². The SMILES string of the molecule is O=C(NC1Cc2ccccc2C1)c1cc(-c2ccc(Cl)cc2)on1. The van der Waals surface area contributed by atoms with Gasteiger partial charge in [-0.1, -0.05) is 41.0 Å². The minimum absolute atomic E-state index is 0.102. The summed E-state index contributed by atoms with van der Waals surface area (Å²) in [7, 11) is 0. The Hall–Kier alpha value is -2.59. The molecule has 0 fully saturated rings. The van der Waals surface area contributed by atoms with E-state index in [1.807, 2.05) is 24.3 Å². The van der Waals surface area contributed by atoms with Crippen LogP contribution in [-0.2, 0) is 12.8 Å². The summed E-state index contributed by atoms with van der Waals surface area (Å²) in [6, 6.07) is 17.2. The molecular weight excluding hydrogens is 324 g/mol. The maximum atomic E-state index is 12.4. The molecule has 0 bridgehead atoms. The molecule has 0 spiro atoms. The van der Waals surface area contributed by atoms with Crippen LogP contribution in [0.4, 0.5) is 0 Å². The van der Waals surface area contributed by atoms with Gasteiger partial charge in [-0.05, 0) is 48.2 Å². The predicted molar refractivity (Wildman–Crippen MR) is 92.1 cm³/mol. The molecule has 4 nitrogen and oxygen atoms in total. The van der Waals surface area contributed by atoms with Crippen LogP contribution in [0.25, 0.3) is 11.3 Å². The molecule has 120 valence electrons. The summed E-state index contributed by atoms with van der Waals surface area (Å²) in [6.07, 6.45) is 1.70. The molecule has 0 radical (unpaired) electrons. The van der Waals surface area contributed by atoms with Crippen molar-refractivity contribution in [1.29, 1.82) is 0 Å². The van der Waals surface area contributed by atoms with Crippen molar-refractivity contribution in [3.8, 4) is 11.3 Å². The molecule has 5 heteroatoms. The molecule has 1 aliphatic carbocycles. The second kappa shape index (κ2) is 6.13. The molecule has 0 saturated heterocycles. The standard InChI is InChI=1S/C19H15ClN2O2/c20-15-7-5-12(6-8-15)18-11-17(22-24-18)19(23)21-16-9-13-3-1-2-4-14(13)10-16/h1-8,11,16H,9-10H2,(H,21,23). The molecule has 1 N–H and O–H groups in total. The summed E-state index contributed by atoms with van der Waals surface area (Å²) in [6.45, 7) is 0. The van der Waals surface area contributed by atoms with Gasteiger partial charge >= 0.3 is 0 Å². The smallest absolute Gasteiger partial charge is 0.273 e. The van der Waals surface area contributed by atoms with Crippen molar-refractivity contribution in [1.82, 2.24) is 10.5 Å². The van der Waals surface area contributed by atoms with Gasteiger partial charge in [0.2, 0.25) is 0 Å². The van der Waals surface area contributed by atoms with Gasteiger partial charge in [-0.25, -0.2) is 0 Å². The van der Waals surface area contributed by atoms with Gasteiger partial charge in [0.05, 0.1) is 0 Å². The summed E-state index contributed by atoms with van der Waals surface area (Å²) in [5, 5.41) is 7.57. The molecule has 1 aromatic heterocycles. The van der Waals surface area contributed by atoms with Crippen molar-refractivity contribution in [2.24, 2.45) is 0 Å². The molecule has 4 rings (SSSR count). The van der Waals surface area contributed by atoms with Gasteiger partial charge in [0.15, 0.2) is 11.5 Å². The first-order valence-corrected chi connectivity index (χ1v) is 8.17. The molecule has 0 unspecified atom stereocenters. The zero-order chi connectivity index (χ0) is 16.5. The van der Waals surface area contributed by atoms with Crippen LogP contribution in [0.1, 0.15) is 21.6 Å². The highest BCUT2D eigenvalue weighted by atomic mass is 35.5. The zero-order valence-electron chi connectivity index (χ0n) is 12.8. The van der Waals surface area contributed by atoms with Crippen LogP contribution in [0.2, 0.25) is 5.02 Å². The molecule has 0 saturated carbocycles. The van der Waals surface area contributed by atoms with Gasteiger partial charge in [0, 0.05) is 22.7 Å². The second-order valence-electron chi connectivity index (χ2n) is 5.93. The fourth-order valence-electron chi connectivity index (χ4n) is 3.05. The average Bonchev–Trinajstić information content (AvgIpc) is 3.21. The quantitative estimate of drug-likeness (QED) is 0.788. The lowest BCUT2D eigenvalue weighted by atomic mass is 10.1. The number of aromatic nitrogens is 1. The fraction of sp³-hybridized carbons (Fsp3) is 0.158. The highest BCUT2D eigenvalue weighted by Gasteiger charge is 2.24. The van der Waals surface area contributed by atoms with Gasteiger partial charge < -0.3 is 9.84 Å². The Morgan fingerprint density at radius 1 is 1.08 bits per heavy atom. The monoisotopic (exact) mass is 338 g/mol. The van der Waals surface area contributed by atoms with Crippen LogP contribution in [0.15, 0.2) is 59.1 Å². The number of rotatable bonds is 3. The van der Waals surface area contributed by atoms with Gasteiger partial charge in [0.25, 0.3) is 5.91 Å². The Balaban J connectivity index is 1.45. The first-order valence-electron chi connectivity index (χ1n) is 7.79. The second-order valence-corrected chi connectivity index (χ2v) is 6.37. The molecule has 0 atom stereocenters. The lowest BCUT2D eigenvalue weighted by molar-refractivity contribution is 0.0929. The first-order chi connectivity index (χ1) is 11.7. The third-order valence-corrected chi connectivity index (χ3v) is 4.51. The molecule has 24 heavy (non-hydrogen) atoms.